The van der Waals surface area contributed by atoms with Crippen molar-refractivity contribution in [2.24, 2.45) is 0 Å². The van der Waals surface area contributed by atoms with Crippen LogP contribution in [0.1, 0.15) is 46.1 Å². The quantitative estimate of drug-likeness (QED) is 0.490. The Morgan fingerprint density at radius 2 is 1.67 bits per heavy atom. The Labute approximate surface area is 196 Å². The molecule has 1 aliphatic heterocycles. The number of rotatable bonds is 8. The molecule has 1 aliphatic rings. The van der Waals surface area contributed by atoms with Crippen molar-refractivity contribution in [1.82, 2.24) is 4.90 Å². The van der Waals surface area contributed by atoms with Crippen LogP contribution in [0.5, 0.6) is 11.5 Å². The Kier molecular flexibility index (Phi) is 8.81. The second-order valence-electron chi connectivity index (χ2n) is 8.94. The van der Waals surface area contributed by atoms with Crippen molar-refractivity contribution in [2.75, 3.05) is 19.7 Å². The van der Waals surface area contributed by atoms with E-state index >= 15 is 0 Å². The summed E-state index contributed by atoms with van der Waals surface area (Å²) in [7, 11) is -2.19. The van der Waals surface area contributed by atoms with Gasteiger partial charge in [-0.3, -0.25) is 4.57 Å². The molecule has 0 saturated carbocycles. The number of likely N-dealkylation sites (tertiary alicyclic amines) is 1. The van der Waals surface area contributed by atoms with Crippen molar-refractivity contribution < 1.29 is 28.1 Å². The van der Waals surface area contributed by atoms with E-state index in [9.17, 15) is 9.36 Å². The number of piperidine rings is 1. The molecule has 1 atom stereocenters. The highest BCUT2D eigenvalue weighted by Crippen LogP contribution is 2.30. The summed E-state index contributed by atoms with van der Waals surface area (Å²) in [4.78, 5) is 14.0. The first-order valence-electron chi connectivity index (χ1n) is 11.4. The molecule has 0 aromatic heterocycles. The third kappa shape index (κ3) is 7.79. The molecular weight excluding hydrogens is 441 g/mol. The van der Waals surface area contributed by atoms with Gasteiger partial charge in [0.2, 0.25) is 8.03 Å². The normalized spacial score (nSPS) is 15.7. The van der Waals surface area contributed by atoms with E-state index in [1.807, 2.05) is 76.2 Å². The summed E-state index contributed by atoms with van der Waals surface area (Å²) in [6.07, 6.45) is 1.19. The zero-order valence-electron chi connectivity index (χ0n) is 19.8. The average molecular weight is 476 g/mol. The maximum atomic E-state index is 12.3. The molecule has 33 heavy (non-hydrogen) atoms. The molecule has 0 radical (unpaired) electrons. The molecule has 1 saturated heterocycles. The summed E-state index contributed by atoms with van der Waals surface area (Å²) in [6.45, 7) is 9.43. The number of para-hydroxylation sites is 2. The van der Waals surface area contributed by atoms with Crippen molar-refractivity contribution in [3.05, 3.63) is 54.1 Å². The van der Waals surface area contributed by atoms with Crippen LogP contribution in [-0.4, -0.2) is 42.4 Å². The average Bonchev–Trinajstić information content (AvgIpc) is 2.78. The number of amides is 1. The predicted molar refractivity (Wildman–Crippen MR) is 129 cm³/mol. The Morgan fingerprint density at radius 1 is 1.03 bits per heavy atom. The second-order valence-corrected chi connectivity index (χ2v) is 10.4. The Hall–Kier alpha value is -2.50. The Morgan fingerprint density at radius 3 is 2.27 bits per heavy atom. The fraction of sp³-hybridized carbons (Fsp3) is 0.480. The van der Waals surface area contributed by atoms with E-state index in [-0.39, 0.29) is 12.2 Å². The first kappa shape index (κ1) is 25.1. The topological polar surface area (TPSA) is 74.3 Å². The lowest BCUT2D eigenvalue weighted by atomic mass is 10.1. The van der Waals surface area contributed by atoms with Gasteiger partial charge in [0.15, 0.2) is 11.5 Å². The first-order chi connectivity index (χ1) is 15.7. The summed E-state index contributed by atoms with van der Waals surface area (Å²) in [6, 6.07) is 15.0. The fourth-order valence-electron chi connectivity index (χ4n) is 3.44. The number of hydrogen-bond donors (Lipinski definition) is 0. The van der Waals surface area contributed by atoms with Crippen molar-refractivity contribution in [1.29, 1.82) is 0 Å². The van der Waals surface area contributed by atoms with Crippen LogP contribution in [0.25, 0.3) is 0 Å². The van der Waals surface area contributed by atoms with E-state index < -0.39 is 13.6 Å². The number of hydrogen-bond acceptors (Lipinski definition) is 6. The zero-order valence-corrected chi connectivity index (χ0v) is 20.8. The lowest BCUT2D eigenvalue weighted by Gasteiger charge is -2.33. The van der Waals surface area contributed by atoms with Gasteiger partial charge in [0, 0.05) is 31.2 Å². The van der Waals surface area contributed by atoms with Crippen LogP contribution in [0.2, 0.25) is 0 Å². The minimum atomic E-state index is -2.19. The lowest BCUT2D eigenvalue weighted by molar-refractivity contribution is 0.0124. The van der Waals surface area contributed by atoms with Gasteiger partial charge in [0.05, 0.1) is 6.61 Å². The summed E-state index contributed by atoms with van der Waals surface area (Å²) in [5.41, 5.74) is 0.466. The Bertz CT molecular complexity index is 933. The van der Waals surface area contributed by atoms with Gasteiger partial charge in [0.25, 0.3) is 0 Å². The van der Waals surface area contributed by atoms with E-state index in [1.165, 1.54) is 0 Å². The monoisotopic (exact) mass is 475 g/mol. The van der Waals surface area contributed by atoms with Gasteiger partial charge in [-0.05, 0) is 57.5 Å². The van der Waals surface area contributed by atoms with E-state index in [0.717, 1.165) is 18.4 Å². The highest BCUT2D eigenvalue weighted by Gasteiger charge is 2.28. The minimum Gasteiger partial charge on any atom is -0.486 e. The van der Waals surface area contributed by atoms with Crippen molar-refractivity contribution in [2.45, 2.75) is 58.8 Å². The SMILES string of the molecule is CCO[PH](=O)c1ccc(COc2ccccc2OC2CCN(C(=O)OC(C)(C)C)CC2)cc1. The third-order valence-corrected chi connectivity index (χ3v) is 6.45. The molecular formula is C25H34NO6P. The maximum absolute atomic E-state index is 12.3. The van der Waals surface area contributed by atoms with Crippen molar-refractivity contribution >= 4 is 19.4 Å². The lowest BCUT2D eigenvalue weighted by Crippen LogP contribution is -2.44. The molecule has 3 rings (SSSR count). The third-order valence-electron chi connectivity index (χ3n) is 5.10. The molecule has 2 aromatic carbocycles. The van der Waals surface area contributed by atoms with Crippen LogP contribution in [0.3, 0.4) is 0 Å². The molecule has 1 heterocycles. The minimum absolute atomic E-state index is 0.00362. The molecule has 7 nitrogen and oxygen atoms in total. The van der Waals surface area contributed by atoms with Crippen molar-refractivity contribution in [3.63, 3.8) is 0 Å². The van der Waals surface area contributed by atoms with Gasteiger partial charge in [-0.2, -0.15) is 0 Å². The van der Waals surface area contributed by atoms with Crippen LogP contribution in [0.4, 0.5) is 4.79 Å². The van der Waals surface area contributed by atoms with Crippen LogP contribution in [0, 0.1) is 0 Å². The van der Waals surface area contributed by atoms with Crippen LogP contribution in [-0.2, 0) is 20.4 Å². The van der Waals surface area contributed by atoms with Crippen LogP contribution < -0.4 is 14.8 Å². The van der Waals surface area contributed by atoms with Gasteiger partial charge in [-0.25, -0.2) is 4.79 Å². The van der Waals surface area contributed by atoms with Gasteiger partial charge in [-0.15, -0.1) is 0 Å². The van der Waals surface area contributed by atoms with Crippen molar-refractivity contribution in [3.8, 4) is 11.5 Å². The number of carbonyl (C=O) groups excluding carboxylic acids is 1. The van der Waals surface area contributed by atoms with E-state index in [4.69, 9.17) is 18.7 Å². The number of nitrogens with zero attached hydrogens (tertiary/aromatic N) is 1. The molecule has 2 aromatic rings. The van der Waals surface area contributed by atoms with Crippen LogP contribution in [0.15, 0.2) is 48.5 Å². The van der Waals surface area contributed by atoms with Crippen LogP contribution >= 0.6 is 8.03 Å². The fourth-order valence-corrected chi connectivity index (χ4v) is 4.31. The molecule has 0 N–H and O–H groups in total. The summed E-state index contributed by atoms with van der Waals surface area (Å²) in [5, 5.41) is 0.701. The van der Waals surface area contributed by atoms with Gasteiger partial charge < -0.3 is 23.6 Å². The van der Waals surface area contributed by atoms with E-state index in [1.54, 1.807) is 4.90 Å². The molecule has 1 amide bonds. The number of ether oxygens (including phenoxy) is 3. The summed E-state index contributed by atoms with van der Waals surface area (Å²) < 4.78 is 34.9. The van der Waals surface area contributed by atoms with Gasteiger partial charge >= 0.3 is 6.09 Å². The second kappa shape index (κ2) is 11.6. The Balaban J connectivity index is 1.53. The molecule has 0 bridgehead atoms. The van der Waals surface area contributed by atoms with E-state index in [0.29, 0.717) is 43.1 Å². The standard InChI is InChI=1S/C25H34NO6P/c1-5-30-33(28)21-12-10-19(11-13-21)18-29-22-8-6-7-9-23(22)31-20-14-16-26(17-15-20)24(27)32-25(2,3)4/h6-13,20,33H,5,14-18H2,1-4H3. The first-order valence-corrected chi connectivity index (χ1v) is 12.7. The molecule has 1 fully saturated rings. The highest BCUT2D eigenvalue weighted by molar-refractivity contribution is 7.48. The number of benzene rings is 2. The maximum Gasteiger partial charge on any atom is 0.410 e. The number of carbonyl (C=O) groups is 1. The molecule has 8 heteroatoms. The predicted octanol–water partition coefficient (Wildman–Crippen LogP) is 5.18. The smallest absolute Gasteiger partial charge is 0.410 e. The molecule has 1 unspecified atom stereocenters. The van der Waals surface area contributed by atoms with Gasteiger partial charge in [0.1, 0.15) is 18.3 Å². The molecule has 180 valence electrons. The summed E-state index contributed by atoms with van der Waals surface area (Å²) in [5.74, 6) is 1.35. The highest BCUT2D eigenvalue weighted by atomic mass is 31.1. The zero-order chi connectivity index (χ0) is 23.8. The largest absolute Gasteiger partial charge is 0.486 e. The van der Waals surface area contributed by atoms with E-state index in [2.05, 4.69) is 0 Å². The molecule has 0 aliphatic carbocycles. The molecule has 0 spiro atoms. The van der Waals surface area contributed by atoms with Gasteiger partial charge in [-0.1, -0.05) is 24.3 Å². The summed E-state index contributed by atoms with van der Waals surface area (Å²) >= 11 is 0.